The van der Waals surface area contributed by atoms with Crippen molar-refractivity contribution in [3.8, 4) is 5.75 Å². The van der Waals surface area contributed by atoms with Gasteiger partial charge in [-0.2, -0.15) is 0 Å². The lowest BCUT2D eigenvalue weighted by molar-refractivity contribution is -0.140. The van der Waals surface area contributed by atoms with Gasteiger partial charge in [0.15, 0.2) is 0 Å². The summed E-state index contributed by atoms with van der Waals surface area (Å²) in [6.45, 7) is 8.59. The molecular formula is C18H29NO3. The molecule has 4 heteroatoms. The fourth-order valence-corrected chi connectivity index (χ4v) is 2.31. The molecule has 124 valence electrons. The minimum atomic E-state index is -0.778. The second-order valence-electron chi connectivity index (χ2n) is 5.82. The zero-order chi connectivity index (χ0) is 16.6. The number of aryl methyl sites for hydroxylation is 1. The molecule has 0 radical (unpaired) electrons. The first-order chi connectivity index (χ1) is 10.5. The van der Waals surface area contributed by atoms with Gasteiger partial charge in [-0.05, 0) is 50.5 Å². The Balaban J connectivity index is 2.83. The Morgan fingerprint density at radius 1 is 1.27 bits per heavy atom. The van der Waals surface area contributed by atoms with E-state index >= 15 is 0 Å². The summed E-state index contributed by atoms with van der Waals surface area (Å²) in [4.78, 5) is 12.6. The number of unbranched alkanes of at least 4 members (excludes halogenated alkanes) is 1. The van der Waals surface area contributed by atoms with E-state index in [1.54, 1.807) is 7.11 Å². The van der Waals surface area contributed by atoms with Crippen molar-refractivity contribution in [3.63, 3.8) is 0 Å². The predicted octanol–water partition coefficient (Wildman–Crippen LogP) is 4.32. The molecule has 0 aliphatic heterocycles. The molecule has 1 N–H and O–H groups in total. The summed E-state index contributed by atoms with van der Waals surface area (Å²) in [5, 5.41) is 2.97. The lowest BCUT2D eigenvalue weighted by Gasteiger charge is -2.28. The van der Waals surface area contributed by atoms with Crippen LogP contribution in [0.5, 0.6) is 5.75 Å². The second-order valence-corrected chi connectivity index (χ2v) is 5.82. The lowest BCUT2D eigenvalue weighted by Crippen LogP contribution is -2.43. The van der Waals surface area contributed by atoms with Crippen molar-refractivity contribution in [1.29, 1.82) is 0 Å². The Labute approximate surface area is 134 Å². The first kappa shape index (κ1) is 18.5. The molecule has 0 aromatic heterocycles. The molecule has 1 aromatic rings. The van der Waals surface area contributed by atoms with Gasteiger partial charge in [0.25, 0.3) is 5.91 Å². The average Bonchev–Trinajstić information content (AvgIpc) is 2.51. The Morgan fingerprint density at radius 2 is 2.00 bits per heavy atom. The van der Waals surface area contributed by atoms with Gasteiger partial charge in [-0.15, -0.1) is 0 Å². The van der Waals surface area contributed by atoms with E-state index < -0.39 is 5.60 Å². The molecule has 0 aliphatic carbocycles. The van der Waals surface area contributed by atoms with Gasteiger partial charge in [-0.3, -0.25) is 4.79 Å². The number of carbonyl (C=O) groups excluding carboxylic acids is 1. The van der Waals surface area contributed by atoms with Gasteiger partial charge in [-0.1, -0.05) is 26.7 Å². The summed E-state index contributed by atoms with van der Waals surface area (Å²) in [6, 6.07) is 5.63. The van der Waals surface area contributed by atoms with Crippen LogP contribution in [0.1, 0.15) is 52.0 Å². The number of anilines is 1. The number of hydrogen-bond acceptors (Lipinski definition) is 3. The maximum Gasteiger partial charge on any atom is 0.256 e. The summed E-state index contributed by atoms with van der Waals surface area (Å²) in [7, 11) is 1.64. The largest absolute Gasteiger partial charge is 0.496 e. The standard InChI is InChI=1S/C18H29NO3/c1-6-8-11-18(4,22-12-7-2)17(20)19-15-9-10-16(21-5)14(3)13-15/h9-10,13H,6-8,11-12H2,1-5H3,(H,19,20). The number of carbonyl (C=O) groups is 1. The van der Waals surface area contributed by atoms with E-state index in [-0.39, 0.29) is 5.91 Å². The van der Waals surface area contributed by atoms with Gasteiger partial charge in [-0.25, -0.2) is 0 Å². The minimum absolute atomic E-state index is 0.0843. The van der Waals surface area contributed by atoms with Gasteiger partial charge >= 0.3 is 0 Å². The molecule has 0 fully saturated rings. The third kappa shape index (κ3) is 5.02. The number of hydrogen-bond donors (Lipinski definition) is 1. The topological polar surface area (TPSA) is 47.6 Å². The van der Waals surface area contributed by atoms with Crippen LogP contribution in [-0.4, -0.2) is 25.2 Å². The lowest BCUT2D eigenvalue weighted by atomic mass is 9.97. The van der Waals surface area contributed by atoms with E-state index in [1.807, 2.05) is 39.0 Å². The summed E-state index contributed by atoms with van der Waals surface area (Å²) in [5.41, 5.74) is 0.982. The molecule has 0 spiro atoms. The van der Waals surface area contributed by atoms with E-state index in [2.05, 4.69) is 12.2 Å². The van der Waals surface area contributed by atoms with E-state index in [0.717, 1.165) is 42.7 Å². The Hall–Kier alpha value is -1.55. The van der Waals surface area contributed by atoms with Gasteiger partial charge in [0.05, 0.1) is 7.11 Å². The summed E-state index contributed by atoms with van der Waals surface area (Å²) in [5.74, 6) is 0.730. The van der Waals surface area contributed by atoms with Crippen LogP contribution in [0.3, 0.4) is 0 Å². The van der Waals surface area contributed by atoms with Gasteiger partial charge in [0, 0.05) is 12.3 Å². The zero-order valence-corrected chi connectivity index (χ0v) is 14.5. The van der Waals surface area contributed by atoms with Crippen molar-refractivity contribution in [2.45, 2.75) is 59.0 Å². The van der Waals surface area contributed by atoms with E-state index in [1.165, 1.54) is 0 Å². The molecule has 1 atom stereocenters. The monoisotopic (exact) mass is 307 g/mol. The highest BCUT2D eigenvalue weighted by Gasteiger charge is 2.33. The maximum absolute atomic E-state index is 12.6. The second kappa shape index (κ2) is 8.79. The number of methoxy groups -OCH3 is 1. The summed E-state index contributed by atoms with van der Waals surface area (Å²) >= 11 is 0. The molecule has 1 unspecified atom stereocenters. The highest BCUT2D eigenvalue weighted by Crippen LogP contribution is 2.25. The van der Waals surface area contributed by atoms with Gasteiger partial charge in [0.1, 0.15) is 11.4 Å². The van der Waals surface area contributed by atoms with Gasteiger partial charge in [0.2, 0.25) is 0 Å². The fourth-order valence-electron chi connectivity index (χ4n) is 2.31. The molecule has 0 aliphatic rings. The molecule has 22 heavy (non-hydrogen) atoms. The fraction of sp³-hybridized carbons (Fsp3) is 0.611. The quantitative estimate of drug-likeness (QED) is 0.739. The number of nitrogens with one attached hydrogen (secondary N) is 1. The van der Waals surface area contributed by atoms with Gasteiger partial charge < -0.3 is 14.8 Å². The highest BCUT2D eigenvalue weighted by molar-refractivity contribution is 5.97. The third-order valence-corrected chi connectivity index (χ3v) is 3.77. The van der Waals surface area contributed by atoms with Crippen molar-refractivity contribution < 1.29 is 14.3 Å². The molecule has 0 bridgehead atoms. The molecular weight excluding hydrogens is 278 g/mol. The van der Waals surface area contributed by atoms with Crippen LogP contribution in [0.4, 0.5) is 5.69 Å². The van der Waals surface area contributed by atoms with Crippen LogP contribution in [0.25, 0.3) is 0 Å². The van der Waals surface area contributed by atoms with Crippen LogP contribution >= 0.6 is 0 Å². The Bertz CT molecular complexity index is 477. The van der Waals surface area contributed by atoms with Crippen LogP contribution < -0.4 is 10.1 Å². The maximum atomic E-state index is 12.6. The molecule has 0 saturated heterocycles. The van der Waals surface area contributed by atoms with Crippen molar-refractivity contribution >= 4 is 11.6 Å². The van der Waals surface area contributed by atoms with Crippen LogP contribution in [0.2, 0.25) is 0 Å². The molecule has 4 nitrogen and oxygen atoms in total. The SMILES string of the molecule is CCCCC(C)(OCCC)C(=O)Nc1ccc(OC)c(C)c1. The van der Waals surface area contributed by atoms with Crippen molar-refractivity contribution in [2.75, 3.05) is 19.0 Å². The molecule has 1 amide bonds. The number of amides is 1. The smallest absolute Gasteiger partial charge is 0.256 e. The molecule has 1 rings (SSSR count). The Morgan fingerprint density at radius 3 is 2.55 bits per heavy atom. The van der Waals surface area contributed by atoms with Crippen LogP contribution in [0.15, 0.2) is 18.2 Å². The Kier molecular flexibility index (Phi) is 7.39. The zero-order valence-electron chi connectivity index (χ0n) is 14.5. The summed E-state index contributed by atoms with van der Waals surface area (Å²) in [6.07, 6.45) is 3.64. The number of rotatable bonds is 9. The van der Waals surface area contributed by atoms with Crippen molar-refractivity contribution in [1.82, 2.24) is 0 Å². The minimum Gasteiger partial charge on any atom is -0.496 e. The molecule has 1 aromatic carbocycles. The van der Waals surface area contributed by atoms with Crippen molar-refractivity contribution in [2.24, 2.45) is 0 Å². The van der Waals surface area contributed by atoms with Crippen LogP contribution in [-0.2, 0) is 9.53 Å². The predicted molar refractivity (Wildman–Crippen MR) is 90.5 cm³/mol. The number of benzene rings is 1. The van der Waals surface area contributed by atoms with E-state index in [9.17, 15) is 4.79 Å². The van der Waals surface area contributed by atoms with Crippen molar-refractivity contribution in [3.05, 3.63) is 23.8 Å². The van der Waals surface area contributed by atoms with E-state index in [4.69, 9.17) is 9.47 Å². The highest BCUT2D eigenvalue weighted by atomic mass is 16.5. The van der Waals surface area contributed by atoms with Crippen LogP contribution in [0, 0.1) is 6.92 Å². The normalized spacial score (nSPS) is 13.5. The molecule has 0 saturated carbocycles. The molecule has 0 heterocycles. The number of ether oxygens (including phenoxy) is 2. The van der Waals surface area contributed by atoms with E-state index in [0.29, 0.717) is 6.61 Å². The first-order valence-corrected chi connectivity index (χ1v) is 8.07. The first-order valence-electron chi connectivity index (χ1n) is 8.07. The third-order valence-electron chi connectivity index (χ3n) is 3.77. The summed E-state index contributed by atoms with van der Waals surface area (Å²) < 4.78 is 11.1. The average molecular weight is 307 g/mol.